The molecule has 0 bridgehead atoms. The van der Waals surface area contributed by atoms with Crippen LogP contribution in [0.15, 0.2) is 24.3 Å². The Morgan fingerprint density at radius 1 is 1.32 bits per heavy atom. The van der Waals surface area contributed by atoms with Crippen LogP contribution in [0.5, 0.6) is 5.75 Å². The lowest BCUT2D eigenvalue weighted by Gasteiger charge is -2.28. The Hall–Kier alpha value is -2.04. The molecule has 0 saturated heterocycles. The van der Waals surface area contributed by atoms with Gasteiger partial charge in [-0.3, -0.25) is 9.59 Å². The number of amides is 1. The van der Waals surface area contributed by atoms with E-state index in [0.29, 0.717) is 0 Å². The zero-order chi connectivity index (χ0) is 14.4. The van der Waals surface area contributed by atoms with Crippen molar-refractivity contribution in [1.29, 1.82) is 0 Å². The Morgan fingerprint density at radius 3 is 2.32 bits per heavy atom. The summed E-state index contributed by atoms with van der Waals surface area (Å²) in [7, 11) is 1.59. The SMILES string of the molecule is COc1ccc([C@@H](C)N(CCC(=O)O)C(C)=O)cc1. The summed E-state index contributed by atoms with van der Waals surface area (Å²) < 4.78 is 5.08. The minimum atomic E-state index is -0.909. The number of hydrogen-bond donors (Lipinski definition) is 1. The Kier molecular flexibility index (Phi) is 5.36. The highest BCUT2D eigenvalue weighted by molar-refractivity contribution is 5.75. The van der Waals surface area contributed by atoms with Crippen LogP contribution in [0.3, 0.4) is 0 Å². The fourth-order valence-corrected chi connectivity index (χ4v) is 1.90. The van der Waals surface area contributed by atoms with E-state index in [1.807, 2.05) is 31.2 Å². The van der Waals surface area contributed by atoms with E-state index in [9.17, 15) is 9.59 Å². The Bertz CT molecular complexity index is 441. The van der Waals surface area contributed by atoms with E-state index < -0.39 is 5.97 Å². The number of rotatable bonds is 6. The number of carbonyl (C=O) groups is 2. The van der Waals surface area contributed by atoms with Crippen molar-refractivity contribution >= 4 is 11.9 Å². The van der Waals surface area contributed by atoms with Crippen LogP contribution in [-0.4, -0.2) is 35.5 Å². The van der Waals surface area contributed by atoms with Gasteiger partial charge in [0.25, 0.3) is 0 Å². The van der Waals surface area contributed by atoms with Crippen LogP contribution < -0.4 is 4.74 Å². The summed E-state index contributed by atoms with van der Waals surface area (Å²) in [5.41, 5.74) is 0.946. The van der Waals surface area contributed by atoms with E-state index in [1.165, 1.54) is 6.92 Å². The van der Waals surface area contributed by atoms with Crippen LogP contribution in [0.4, 0.5) is 0 Å². The number of benzene rings is 1. The second-order valence-corrected chi connectivity index (χ2v) is 4.31. The van der Waals surface area contributed by atoms with Gasteiger partial charge in [0.15, 0.2) is 0 Å². The number of hydrogen-bond acceptors (Lipinski definition) is 3. The number of nitrogens with zero attached hydrogens (tertiary/aromatic N) is 1. The topological polar surface area (TPSA) is 66.8 Å². The van der Waals surface area contributed by atoms with Crippen LogP contribution in [-0.2, 0) is 9.59 Å². The highest BCUT2D eigenvalue weighted by Crippen LogP contribution is 2.23. The van der Waals surface area contributed by atoms with Gasteiger partial charge in [0.05, 0.1) is 19.6 Å². The molecule has 104 valence electrons. The maximum atomic E-state index is 11.6. The monoisotopic (exact) mass is 265 g/mol. The number of carbonyl (C=O) groups excluding carboxylic acids is 1. The van der Waals surface area contributed by atoms with Crippen LogP contribution >= 0.6 is 0 Å². The average Bonchev–Trinajstić information content (AvgIpc) is 2.38. The molecule has 5 heteroatoms. The first-order chi connectivity index (χ1) is 8.95. The van der Waals surface area contributed by atoms with E-state index in [-0.39, 0.29) is 24.9 Å². The summed E-state index contributed by atoms with van der Waals surface area (Å²) in [5, 5.41) is 8.71. The predicted molar refractivity (Wildman–Crippen MR) is 71.0 cm³/mol. The van der Waals surface area contributed by atoms with Gasteiger partial charge >= 0.3 is 5.97 Å². The Labute approximate surface area is 112 Å². The number of ether oxygens (including phenoxy) is 1. The molecule has 0 fully saturated rings. The second kappa shape index (κ2) is 6.78. The van der Waals surface area contributed by atoms with Crippen molar-refractivity contribution in [2.75, 3.05) is 13.7 Å². The van der Waals surface area contributed by atoms with Gasteiger partial charge in [-0.05, 0) is 24.6 Å². The van der Waals surface area contributed by atoms with Gasteiger partial charge in [-0.1, -0.05) is 12.1 Å². The highest BCUT2D eigenvalue weighted by Gasteiger charge is 2.19. The fraction of sp³-hybridized carbons (Fsp3) is 0.429. The van der Waals surface area contributed by atoms with Gasteiger partial charge in [-0.15, -0.1) is 0 Å². The third-order valence-corrected chi connectivity index (χ3v) is 3.04. The smallest absolute Gasteiger partial charge is 0.305 e. The van der Waals surface area contributed by atoms with Gasteiger partial charge in [0.2, 0.25) is 5.91 Å². The van der Waals surface area contributed by atoms with Crippen molar-refractivity contribution < 1.29 is 19.4 Å². The third kappa shape index (κ3) is 4.28. The minimum absolute atomic E-state index is 0.0555. The molecule has 1 aromatic rings. The largest absolute Gasteiger partial charge is 0.497 e. The molecule has 1 amide bonds. The first-order valence-electron chi connectivity index (χ1n) is 6.08. The summed E-state index contributed by atoms with van der Waals surface area (Å²) >= 11 is 0. The van der Waals surface area contributed by atoms with Gasteiger partial charge < -0.3 is 14.7 Å². The summed E-state index contributed by atoms with van der Waals surface area (Å²) in [4.78, 5) is 23.8. The maximum Gasteiger partial charge on any atom is 0.305 e. The fourth-order valence-electron chi connectivity index (χ4n) is 1.90. The predicted octanol–water partition coefficient (Wildman–Crippen LogP) is 2.08. The van der Waals surface area contributed by atoms with Gasteiger partial charge in [0.1, 0.15) is 5.75 Å². The summed E-state index contributed by atoms with van der Waals surface area (Å²) in [6.07, 6.45) is -0.0555. The molecular weight excluding hydrogens is 246 g/mol. The number of aliphatic carboxylic acids is 1. The molecule has 19 heavy (non-hydrogen) atoms. The van der Waals surface area contributed by atoms with Crippen molar-refractivity contribution in [2.24, 2.45) is 0 Å². The molecule has 0 spiro atoms. The molecule has 1 atom stereocenters. The van der Waals surface area contributed by atoms with Crippen molar-refractivity contribution in [2.45, 2.75) is 26.3 Å². The summed E-state index contributed by atoms with van der Waals surface area (Å²) in [5.74, 6) is -0.298. The van der Waals surface area contributed by atoms with Crippen molar-refractivity contribution in [1.82, 2.24) is 4.90 Å². The quantitative estimate of drug-likeness (QED) is 0.855. The van der Waals surface area contributed by atoms with Crippen LogP contribution in [0.25, 0.3) is 0 Å². The lowest BCUT2D eigenvalue weighted by Crippen LogP contribution is -2.33. The molecule has 0 aliphatic heterocycles. The first-order valence-corrected chi connectivity index (χ1v) is 6.08. The van der Waals surface area contributed by atoms with Crippen molar-refractivity contribution in [3.8, 4) is 5.75 Å². The van der Waals surface area contributed by atoms with E-state index >= 15 is 0 Å². The molecule has 0 unspecified atom stereocenters. The molecule has 1 aromatic carbocycles. The van der Waals surface area contributed by atoms with Crippen LogP contribution in [0, 0.1) is 0 Å². The maximum absolute atomic E-state index is 11.6. The van der Waals surface area contributed by atoms with Crippen LogP contribution in [0.2, 0.25) is 0 Å². The van der Waals surface area contributed by atoms with E-state index in [1.54, 1.807) is 12.0 Å². The molecule has 0 saturated carbocycles. The highest BCUT2D eigenvalue weighted by atomic mass is 16.5. The number of methoxy groups -OCH3 is 1. The van der Waals surface area contributed by atoms with Gasteiger partial charge in [-0.25, -0.2) is 0 Å². The third-order valence-electron chi connectivity index (χ3n) is 3.04. The summed E-state index contributed by atoms with van der Waals surface area (Å²) in [6, 6.07) is 7.23. The average molecular weight is 265 g/mol. The molecule has 0 aromatic heterocycles. The molecule has 0 radical (unpaired) electrons. The minimum Gasteiger partial charge on any atom is -0.497 e. The molecule has 1 rings (SSSR count). The Balaban J connectivity index is 2.82. The van der Waals surface area contributed by atoms with Gasteiger partial charge in [0, 0.05) is 13.5 Å². The molecule has 5 nitrogen and oxygen atoms in total. The first kappa shape index (κ1) is 15.0. The number of carboxylic acid groups (broad SMARTS) is 1. The van der Waals surface area contributed by atoms with E-state index in [2.05, 4.69) is 0 Å². The molecule has 1 N–H and O–H groups in total. The zero-order valence-electron chi connectivity index (χ0n) is 11.4. The van der Waals surface area contributed by atoms with Crippen molar-refractivity contribution in [3.05, 3.63) is 29.8 Å². The lowest BCUT2D eigenvalue weighted by molar-refractivity contribution is -0.138. The molecular formula is C14H19NO4. The standard InChI is InChI=1S/C14H19NO4/c1-10(12-4-6-13(19-3)7-5-12)15(11(2)16)9-8-14(17)18/h4-7,10H,8-9H2,1-3H3,(H,17,18)/t10-/m1/s1. The van der Waals surface area contributed by atoms with Gasteiger partial charge in [-0.2, -0.15) is 0 Å². The molecule has 0 heterocycles. The summed E-state index contributed by atoms with van der Waals surface area (Å²) in [6.45, 7) is 3.53. The zero-order valence-corrected chi connectivity index (χ0v) is 11.4. The Morgan fingerprint density at radius 2 is 1.89 bits per heavy atom. The van der Waals surface area contributed by atoms with Crippen molar-refractivity contribution in [3.63, 3.8) is 0 Å². The number of carboxylic acids is 1. The van der Waals surface area contributed by atoms with E-state index in [4.69, 9.17) is 9.84 Å². The van der Waals surface area contributed by atoms with Crippen LogP contribution in [0.1, 0.15) is 31.9 Å². The van der Waals surface area contributed by atoms with E-state index in [0.717, 1.165) is 11.3 Å². The molecule has 0 aliphatic rings. The second-order valence-electron chi connectivity index (χ2n) is 4.31. The molecule has 0 aliphatic carbocycles. The normalized spacial score (nSPS) is 11.7. The lowest BCUT2D eigenvalue weighted by atomic mass is 10.1.